The first kappa shape index (κ1) is 37.6. The molecule has 10 atom stereocenters. The summed E-state index contributed by atoms with van der Waals surface area (Å²) in [5.41, 5.74) is 29.5. The summed E-state index contributed by atoms with van der Waals surface area (Å²) in [5.74, 6) is 0. The molecule has 1 heterocycles. The van der Waals surface area contributed by atoms with Gasteiger partial charge in [0.15, 0.2) is 6.29 Å². The van der Waals surface area contributed by atoms with Gasteiger partial charge in [-0.1, -0.05) is 109 Å². The van der Waals surface area contributed by atoms with Gasteiger partial charge in [0.2, 0.25) is 0 Å². The van der Waals surface area contributed by atoms with Gasteiger partial charge in [0.05, 0.1) is 32.0 Å². The minimum absolute atomic E-state index is 0.122. The largest absolute Gasteiger partial charge is 0.389 e. The molecule has 1 aliphatic heterocycles. The molecular weight excluding hydrogens is 693 g/mol. The van der Waals surface area contributed by atoms with E-state index in [2.05, 4.69) is 84.9 Å². The van der Waals surface area contributed by atoms with Crippen molar-refractivity contribution in [2.75, 3.05) is 6.54 Å². The van der Waals surface area contributed by atoms with Crippen LogP contribution in [0.15, 0.2) is 127 Å². The molecule has 286 valence electrons. The van der Waals surface area contributed by atoms with Crippen LogP contribution in [0.3, 0.4) is 0 Å². The van der Waals surface area contributed by atoms with Gasteiger partial charge in [-0.3, -0.25) is 0 Å². The zero-order valence-corrected chi connectivity index (χ0v) is 30.7. The van der Waals surface area contributed by atoms with Crippen molar-refractivity contribution in [1.82, 2.24) is 0 Å². The number of fused-ring (bicyclic) bond motifs is 3. The lowest BCUT2D eigenvalue weighted by Gasteiger charge is -2.48. The van der Waals surface area contributed by atoms with Gasteiger partial charge in [-0.2, -0.15) is 0 Å². The summed E-state index contributed by atoms with van der Waals surface area (Å²) < 4.78 is 32.9. The molecular formula is C45H50N4O6. The van der Waals surface area contributed by atoms with Gasteiger partial charge >= 0.3 is 0 Å². The second kappa shape index (κ2) is 16.8. The van der Waals surface area contributed by atoms with Crippen LogP contribution in [0, 0.1) is 0 Å². The molecule has 55 heavy (non-hydrogen) atoms. The standard InChI is InChI=1S/C45H50N4O6/c46-23-38-42(51-24-27-13-16-30-7-1-4-10-33(30)19-27)43(52-25-28-14-17-31-8-2-5-11-34(31)20-28)39(49)45(54-38)55-41-37(48)22-36(47)40(50)44(41)53-26-29-15-18-32-9-3-6-12-35(32)21-29/h1-21,36-45,50H,22-26,46-49H2/t36-,37?,38?,39?,40?,41-,42-,43-,44-,45-/m1/s1. The van der Waals surface area contributed by atoms with Gasteiger partial charge in [-0.05, 0) is 73.6 Å². The molecule has 8 rings (SSSR count). The van der Waals surface area contributed by atoms with E-state index in [1.165, 1.54) is 0 Å². The van der Waals surface area contributed by atoms with Gasteiger partial charge in [0.25, 0.3) is 0 Å². The van der Waals surface area contributed by atoms with Crippen LogP contribution in [0.5, 0.6) is 0 Å². The van der Waals surface area contributed by atoms with Crippen molar-refractivity contribution in [2.24, 2.45) is 22.9 Å². The highest BCUT2D eigenvalue weighted by atomic mass is 16.7. The molecule has 4 unspecified atom stereocenters. The van der Waals surface area contributed by atoms with Crippen molar-refractivity contribution in [3.05, 3.63) is 144 Å². The first-order valence-corrected chi connectivity index (χ1v) is 19.1. The van der Waals surface area contributed by atoms with E-state index in [1.807, 2.05) is 42.5 Å². The van der Waals surface area contributed by atoms with Crippen LogP contribution in [0.4, 0.5) is 0 Å². The minimum Gasteiger partial charge on any atom is -0.389 e. The zero-order valence-electron chi connectivity index (χ0n) is 30.7. The van der Waals surface area contributed by atoms with Crippen LogP contribution in [-0.4, -0.2) is 72.7 Å². The van der Waals surface area contributed by atoms with E-state index in [0.29, 0.717) is 13.0 Å². The smallest absolute Gasteiger partial charge is 0.176 e. The van der Waals surface area contributed by atoms with Crippen molar-refractivity contribution in [3.8, 4) is 0 Å². The van der Waals surface area contributed by atoms with Gasteiger partial charge < -0.3 is 51.7 Å². The molecule has 1 saturated heterocycles. The predicted molar refractivity (Wildman–Crippen MR) is 215 cm³/mol. The topological polar surface area (TPSA) is 170 Å². The number of aliphatic hydroxyl groups is 1. The van der Waals surface area contributed by atoms with Crippen molar-refractivity contribution < 1.29 is 28.8 Å². The number of ether oxygens (including phenoxy) is 5. The van der Waals surface area contributed by atoms with E-state index < -0.39 is 61.0 Å². The van der Waals surface area contributed by atoms with Crippen LogP contribution in [0.2, 0.25) is 0 Å². The molecule has 0 spiro atoms. The van der Waals surface area contributed by atoms with Crippen molar-refractivity contribution in [1.29, 1.82) is 0 Å². The van der Waals surface area contributed by atoms with E-state index in [1.54, 1.807) is 0 Å². The molecule has 6 aromatic rings. The maximum absolute atomic E-state index is 11.4. The Morgan fingerprint density at radius 1 is 0.527 bits per heavy atom. The van der Waals surface area contributed by atoms with E-state index in [0.717, 1.165) is 49.0 Å². The highest BCUT2D eigenvalue weighted by Crippen LogP contribution is 2.32. The van der Waals surface area contributed by atoms with Gasteiger partial charge in [0, 0.05) is 18.6 Å². The van der Waals surface area contributed by atoms with Crippen LogP contribution in [0.1, 0.15) is 23.1 Å². The predicted octanol–water partition coefficient (Wildman–Crippen LogP) is 5.02. The molecule has 9 N–H and O–H groups in total. The molecule has 2 fully saturated rings. The van der Waals surface area contributed by atoms with Gasteiger partial charge in [-0.25, -0.2) is 0 Å². The van der Waals surface area contributed by atoms with Crippen LogP contribution in [-0.2, 0) is 43.5 Å². The third-order valence-electron chi connectivity index (χ3n) is 11.1. The first-order valence-electron chi connectivity index (χ1n) is 19.1. The van der Waals surface area contributed by atoms with E-state index >= 15 is 0 Å². The lowest BCUT2D eigenvalue weighted by Crippen LogP contribution is -2.68. The summed E-state index contributed by atoms with van der Waals surface area (Å²) in [6, 6.07) is 41.2. The quantitative estimate of drug-likeness (QED) is 0.115. The molecule has 0 aromatic heterocycles. The summed E-state index contributed by atoms with van der Waals surface area (Å²) >= 11 is 0. The summed E-state index contributed by atoms with van der Waals surface area (Å²) in [4.78, 5) is 0. The number of nitrogens with two attached hydrogens (primary N) is 4. The average molecular weight is 743 g/mol. The molecule has 1 saturated carbocycles. The van der Waals surface area contributed by atoms with Gasteiger partial charge in [-0.15, -0.1) is 0 Å². The average Bonchev–Trinajstić information content (AvgIpc) is 3.21. The summed E-state index contributed by atoms with van der Waals surface area (Å²) in [6.45, 7) is 0.913. The number of hydrogen-bond donors (Lipinski definition) is 5. The Bertz CT molecular complexity index is 2220. The minimum atomic E-state index is -1.03. The van der Waals surface area contributed by atoms with E-state index in [4.69, 9.17) is 46.6 Å². The third-order valence-corrected chi connectivity index (χ3v) is 11.1. The van der Waals surface area contributed by atoms with Crippen molar-refractivity contribution in [2.45, 2.75) is 87.3 Å². The van der Waals surface area contributed by atoms with Crippen LogP contribution in [0.25, 0.3) is 32.3 Å². The molecule has 0 amide bonds. The Morgan fingerprint density at radius 3 is 1.44 bits per heavy atom. The number of benzene rings is 6. The molecule has 0 radical (unpaired) electrons. The first-order chi connectivity index (χ1) is 26.8. The Labute approximate surface area is 321 Å². The van der Waals surface area contributed by atoms with Crippen molar-refractivity contribution >= 4 is 32.3 Å². The molecule has 6 aromatic carbocycles. The second-order valence-electron chi connectivity index (χ2n) is 14.9. The number of aliphatic hydroxyl groups excluding tert-OH is 1. The van der Waals surface area contributed by atoms with Crippen LogP contribution >= 0.6 is 0 Å². The Balaban J connectivity index is 1.03. The fourth-order valence-corrected chi connectivity index (χ4v) is 8.01. The SMILES string of the molecule is NCC1O[C@H](O[C@@H]2C(N)C[C@@H](N)C(O)[C@H]2OCc2ccc3ccccc3c2)C(N)[C@@H](OCc2ccc3ccccc3c2)[C@@H]1OCc1ccc2ccccc2c1. The highest BCUT2D eigenvalue weighted by Gasteiger charge is 2.50. The lowest BCUT2D eigenvalue weighted by molar-refractivity contribution is -0.303. The summed E-state index contributed by atoms with van der Waals surface area (Å²) in [6.07, 6.45) is -5.28. The normalized spacial score (nSPS) is 28.5. The van der Waals surface area contributed by atoms with Crippen molar-refractivity contribution in [3.63, 3.8) is 0 Å². The Hall–Kier alpha value is -4.30. The zero-order chi connectivity index (χ0) is 37.9. The maximum Gasteiger partial charge on any atom is 0.176 e. The lowest BCUT2D eigenvalue weighted by atomic mass is 9.84. The second-order valence-corrected chi connectivity index (χ2v) is 14.9. The fraction of sp³-hybridized carbons (Fsp3) is 0.333. The highest BCUT2D eigenvalue weighted by molar-refractivity contribution is 5.84. The molecule has 2 aliphatic rings. The number of rotatable bonds is 12. The third kappa shape index (κ3) is 8.30. The molecule has 10 nitrogen and oxygen atoms in total. The molecule has 10 heteroatoms. The monoisotopic (exact) mass is 742 g/mol. The fourth-order valence-electron chi connectivity index (χ4n) is 8.01. The molecule has 0 bridgehead atoms. The number of hydrogen-bond acceptors (Lipinski definition) is 10. The van der Waals surface area contributed by atoms with E-state index in [-0.39, 0.29) is 19.8 Å². The van der Waals surface area contributed by atoms with Crippen LogP contribution < -0.4 is 22.9 Å². The summed E-state index contributed by atoms with van der Waals surface area (Å²) in [5, 5.41) is 18.1. The van der Waals surface area contributed by atoms with Gasteiger partial charge in [0.1, 0.15) is 30.5 Å². The Kier molecular flexibility index (Phi) is 11.5. The molecule has 1 aliphatic carbocycles. The Morgan fingerprint density at radius 2 is 0.964 bits per heavy atom. The maximum atomic E-state index is 11.4. The van der Waals surface area contributed by atoms with E-state index in [9.17, 15) is 5.11 Å². The summed E-state index contributed by atoms with van der Waals surface area (Å²) in [7, 11) is 0.